The van der Waals surface area contributed by atoms with Crippen LogP contribution in [0.3, 0.4) is 0 Å². The third-order valence-electron chi connectivity index (χ3n) is 6.19. The molecule has 4 aromatic carbocycles. The van der Waals surface area contributed by atoms with Gasteiger partial charge in [0.05, 0.1) is 50.5 Å². The number of benzene rings is 4. The zero-order valence-corrected chi connectivity index (χ0v) is 41.0. The standard InChI is InChI=1S/C25H23N5O16S5.4Na/c31-25-17-9-10-20(26-14-50(36,37)38)23(29-28-19-3-1-2-4-22(19)51(39,40)41)18(17)13-21(47-45-43-32)24(25)30-27-15-5-7-16(8-6-15)49(34,35)12-11-42-48-46-44-33;;;;/h1-10,13,26,31-33H,11-12,14H2,(H,36,37,38)(H,39,40,41);;;;/q;4*+1/p-4. The first-order valence-corrected chi connectivity index (χ1v) is 19.3. The second-order valence-corrected chi connectivity index (χ2v) is 15.5. The second-order valence-electron chi connectivity index (χ2n) is 9.39. The van der Waals surface area contributed by atoms with Gasteiger partial charge in [0.2, 0.25) is 0 Å². The van der Waals surface area contributed by atoms with Crippen molar-refractivity contribution in [2.24, 2.45) is 20.5 Å². The maximum absolute atomic E-state index is 12.5. The van der Waals surface area contributed by atoms with Gasteiger partial charge in [0.15, 0.2) is 27.9 Å². The first-order valence-electron chi connectivity index (χ1n) is 13.2. The van der Waals surface area contributed by atoms with Crippen molar-refractivity contribution in [3.63, 3.8) is 0 Å². The van der Waals surface area contributed by atoms with E-state index in [0.717, 1.165) is 12.1 Å². The van der Waals surface area contributed by atoms with Crippen LogP contribution in [0.4, 0.5) is 28.4 Å². The topological polar surface area (TPSA) is 323 Å². The quantitative estimate of drug-likeness (QED) is 0.0178. The van der Waals surface area contributed by atoms with E-state index < -0.39 is 58.0 Å². The summed E-state index contributed by atoms with van der Waals surface area (Å²) in [5.41, 5.74) is -1.04. The van der Waals surface area contributed by atoms with Crippen LogP contribution >= 0.6 is 24.4 Å². The van der Waals surface area contributed by atoms with E-state index in [1.807, 2.05) is 0 Å². The molecule has 0 saturated carbocycles. The van der Waals surface area contributed by atoms with Gasteiger partial charge in [0.25, 0.3) is 0 Å². The van der Waals surface area contributed by atoms with E-state index in [4.69, 9.17) is 4.18 Å². The van der Waals surface area contributed by atoms with Gasteiger partial charge in [0.1, 0.15) is 43.2 Å². The van der Waals surface area contributed by atoms with Crippen molar-refractivity contribution in [3.8, 4) is 5.75 Å². The summed E-state index contributed by atoms with van der Waals surface area (Å²) in [4.78, 5) is -1.01. The van der Waals surface area contributed by atoms with Crippen LogP contribution in [0.5, 0.6) is 5.75 Å². The largest absolute Gasteiger partial charge is 1.00 e. The Morgan fingerprint density at radius 1 is 0.745 bits per heavy atom. The van der Waals surface area contributed by atoms with E-state index in [2.05, 4.69) is 44.5 Å². The summed E-state index contributed by atoms with van der Waals surface area (Å²) >= 11 is 0.398. The number of aromatic hydroxyl groups is 1. The first kappa shape index (κ1) is 55.1. The van der Waals surface area contributed by atoms with E-state index in [9.17, 15) is 50.0 Å². The van der Waals surface area contributed by atoms with Crippen molar-refractivity contribution in [1.29, 1.82) is 0 Å². The molecule has 0 atom stereocenters. The molecule has 0 fully saturated rings. The Hall–Kier alpha value is 0.130. The number of fused-ring (bicyclic) bond motifs is 1. The third kappa shape index (κ3) is 16.6. The van der Waals surface area contributed by atoms with Crippen LogP contribution in [0.1, 0.15) is 0 Å². The fourth-order valence-corrected chi connectivity index (χ4v) is 6.88. The number of phenols is 1. The van der Waals surface area contributed by atoms with Crippen molar-refractivity contribution >= 4 is 93.6 Å². The molecular formula is C25H19N5Na4O16S5. The summed E-state index contributed by atoms with van der Waals surface area (Å²) in [6.45, 7) is -0.345. The normalized spacial score (nSPS) is 11.8. The zero-order chi connectivity index (χ0) is 37.2. The molecule has 0 unspecified atom stereocenters. The number of hydrogen-bond donors (Lipinski definition) is 2. The van der Waals surface area contributed by atoms with Crippen LogP contribution < -0.4 is 134 Å². The summed E-state index contributed by atoms with van der Waals surface area (Å²) in [5, 5.41) is 56.3. The molecular weight excluding hydrogens is 879 g/mol. The molecule has 0 heterocycles. The monoisotopic (exact) mass is 897 g/mol. The summed E-state index contributed by atoms with van der Waals surface area (Å²) in [6, 6.07) is 13.4. The van der Waals surface area contributed by atoms with E-state index in [1.165, 1.54) is 54.6 Å². The predicted octanol–water partition coefficient (Wildman–Crippen LogP) is -8.98. The molecule has 55 heavy (non-hydrogen) atoms. The Labute approximate surface area is 410 Å². The smallest absolute Gasteiger partial charge is 0.747 e. The van der Waals surface area contributed by atoms with Crippen molar-refractivity contribution in [3.05, 3.63) is 66.7 Å². The third-order valence-corrected chi connectivity index (χ3v) is 10.3. The number of phenolic OH excluding ortho intramolecular Hbond substituents is 1. The van der Waals surface area contributed by atoms with Gasteiger partial charge in [-0.2, -0.15) is 9.45 Å². The molecule has 4 aromatic rings. The van der Waals surface area contributed by atoms with Gasteiger partial charge in [-0.15, -0.1) is 19.7 Å². The Balaban J connectivity index is 0.00000729. The zero-order valence-electron chi connectivity index (χ0n) is 28.9. The molecule has 0 amide bonds. The number of azo groups is 2. The fraction of sp³-hybridized carbons (Fsp3) is 0.120. The molecule has 2 N–H and O–H groups in total. The Morgan fingerprint density at radius 2 is 1.38 bits per heavy atom. The number of hydrogen-bond acceptors (Lipinski definition) is 23. The minimum atomic E-state index is -5.01. The summed E-state index contributed by atoms with van der Waals surface area (Å²) < 4.78 is 107. The fourth-order valence-electron chi connectivity index (χ4n) is 4.04. The molecule has 4 rings (SSSR count). The SMILES string of the molecule is O=S(=O)([O-])CNc1ccc2c(O)c(N=Nc3ccc(S(=O)(=O)CCOSOO[O-])cc3)c(SOO[O-])cc2c1N=Nc1ccccc1S(=O)(=O)[O-].[Na+].[Na+].[Na+].[Na+]. The van der Waals surface area contributed by atoms with E-state index >= 15 is 0 Å². The molecule has 0 bridgehead atoms. The summed E-state index contributed by atoms with van der Waals surface area (Å²) in [5.74, 6) is -2.22. The Bertz CT molecular complexity index is 2280. The van der Waals surface area contributed by atoms with Crippen molar-refractivity contribution in [2.75, 3.05) is 23.6 Å². The molecule has 0 aliphatic rings. The average Bonchev–Trinajstić information content (AvgIpc) is 3.08. The molecule has 0 aliphatic heterocycles. The minimum Gasteiger partial charge on any atom is -0.747 e. The number of anilines is 1. The molecule has 30 heteroatoms. The molecule has 274 valence electrons. The molecule has 0 spiro atoms. The van der Waals surface area contributed by atoms with Gasteiger partial charge < -0.3 is 30.0 Å². The number of nitrogens with zero attached hydrogens (tertiary/aromatic N) is 4. The first-order chi connectivity index (χ1) is 24.1. The van der Waals surface area contributed by atoms with Crippen molar-refractivity contribution < 1.29 is 191 Å². The van der Waals surface area contributed by atoms with Gasteiger partial charge in [-0.1, -0.05) is 12.1 Å². The van der Waals surface area contributed by atoms with Crippen LogP contribution in [-0.2, 0) is 53.0 Å². The maximum Gasteiger partial charge on any atom is 1.00 e. The maximum atomic E-state index is 12.5. The summed E-state index contributed by atoms with van der Waals surface area (Å²) in [6.07, 6.45) is 0. The molecule has 0 radical (unpaired) electrons. The van der Waals surface area contributed by atoms with E-state index in [1.54, 1.807) is 0 Å². The van der Waals surface area contributed by atoms with Crippen LogP contribution in [-0.4, -0.2) is 57.7 Å². The van der Waals surface area contributed by atoms with E-state index in [0.29, 0.717) is 0 Å². The van der Waals surface area contributed by atoms with Crippen molar-refractivity contribution in [1.82, 2.24) is 0 Å². The van der Waals surface area contributed by atoms with Crippen LogP contribution in [0.2, 0.25) is 0 Å². The Morgan fingerprint density at radius 3 is 2.00 bits per heavy atom. The van der Waals surface area contributed by atoms with E-state index in [-0.39, 0.29) is 193 Å². The van der Waals surface area contributed by atoms with Crippen molar-refractivity contribution in [2.45, 2.75) is 14.7 Å². The summed E-state index contributed by atoms with van der Waals surface area (Å²) in [7, 11) is -13.7. The molecule has 0 saturated heterocycles. The average molecular weight is 898 g/mol. The van der Waals surface area contributed by atoms with Gasteiger partial charge in [0, 0.05) is 10.8 Å². The predicted molar refractivity (Wildman–Crippen MR) is 169 cm³/mol. The second kappa shape index (κ2) is 25.7. The van der Waals surface area contributed by atoms with Crippen LogP contribution in [0, 0.1) is 0 Å². The van der Waals surface area contributed by atoms with Crippen LogP contribution in [0.25, 0.3) is 10.8 Å². The number of rotatable bonds is 18. The van der Waals surface area contributed by atoms with Gasteiger partial charge in [-0.05, 0) is 54.6 Å². The Kier molecular flexibility index (Phi) is 25.7. The van der Waals surface area contributed by atoms with Crippen LogP contribution in [0.15, 0.2) is 102 Å². The number of nitrogens with one attached hydrogen (secondary N) is 1. The van der Waals surface area contributed by atoms with Gasteiger partial charge >= 0.3 is 118 Å². The minimum absolute atomic E-state index is 0. The van der Waals surface area contributed by atoms with Gasteiger partial charge in [-0.25, -0.2) is 25.3 Å². The molecule has 0 aromatic heterocycles. The molecule has 21 nitrogen and oxygen atoms in total. The number of sulfone groups is 1. The molecule has 0 aliphatic carbocycles. The van der Waals surface area contributed by atoms with Gasteiger partial charge in [-0.3, -0.25) is 14.3 Å².